The Kier molecular flexibility index (Phi) is 3.54. The Balaban J connectivity index is 2.09. The number of hydrogen-bond donors (Lipinski definition) is 1. The second-order valence-electron chi connectivity index (χ2n) is 5.53. The van der Waals surface area contributed by atoms with Gasteiger partial charge in [-0.2, -0.15) is 0 Å². The van der Waals surface area contributed by atoms with E-state index in [1.54, 1.807) is 0 Å². The average Bonchev–Trinajstić information content (AvgIpc) is 2.87. The van der Waals surface area contributed by atoms with Crippen molar-refractivity contribution < 1.29 is 4.74 Å². The Morgan fingerprint density at radius 3 is 2.75 bits per heavy atom. The van der Waals surface area contributed by atoms with Gasteiger partial charge in [-0.25, -0.2) is 0 Å². The number of likely N-dealkylation sites (N-methyl/N-ethyl adjacent to an activating group) is 2. The SMILES string of the molecule is CC1CC(CN)(N(C)C2CCOC2)CN1C. The minimum Gasteiger partial charge on any atom is -0.380 e. The molecule has 0 saturated carbocycles. The molecule has 0 aliphatic carbocycles. The summed E-state index contributed by atoms with van der Waals surface area (Å²) in [5, 5.41) is 0. The van der Waals surface area contributed by atoms with Crippen LogP contribution in [0.2, 0.25) is 0 Å². The Hall–Kier alpha value is -0.160. The van der Waals surface area contributed by atoms with Gasteiger partial charge in [-0.15, -0.1) is 0 Å². The Morgan fingerprint density at radius 2 is 2.31 bits per heavy atom. The van der Waals surface area contributed by atoms with E-state index in [4.69, 9.17) is 10.5 Å². The predicted molar refractivity (Wildman–Crippen MR) is 65.5 cm³/mol. The molecule has 0 aromatic carbocycles. The predicted octanol–water partition coefficient (Wildman–Crippen LogP) is 0.129. The molecule has 3 atom stereocenters. The van der Waals surface area contributed by atoms with Gasteiger partial charge in [-0.3, -0.25) is 4.90 Å². The fourth-order valence-electron chi connectivity index (χ4n) is 3.15. The van der Waals surface area contributed by atoms with Crippen LogP contribution in [-0.2, 0) is 4.74 Å². The van der Waals surface area contributed by atoms with Crippen molar-refractivity contribution in [1.82, 2.24) is 9.80 Å². The van der Waals surface area contributed by atoms with Crippen molar-refractivity contribution in [1.29, 1.82) is 0 Å². The van der Waals surface area contributed by atoms with Crippen LogP contribution < -0.4 is 5.73 Å². The van der Waals surface area contributed by atoms with Gasteiger partial charge in [-0.05, 0) is 33.9 Å². The summed E-state index contributed by atoms with van der Waals surface area (Å²) in [7, 11) is 4.42. The van der Waals surface area contributed by atoms with Crippen molar-refractivity contribution in [3.05, 3.63) is 0 Å². The van der Waals surface area contributed by atoms with Crippen LogP contribution in [0.3, 0.4) is 0 Å². The Morgan fingerprint density at radius 1 is 1.56 bits per heavy atom. The Labute approximate surface area is 98.7 Å². The molecule has 0 aromatic heterocycles. The van der Waals surface area contributed by atoms with Crippen molar-refractivity contribution in [2.45, 2.75) is 37.4 Å². The van der Waals surface area contributed by atoms with Crippen LogP contribution in [0.1, 0.15) is 19.8 Å². The van der Waals surface area contributed by atoms with E-state index in [1.807, 2.05) is 0 Å². The highest BCUT2D eigenvalue weighted by atomic mass is 16.5. The summed E-state index contributed by atoms with van der Waals surface area (Å²) >= 11 is 0. The van der Waals surface area contributed by atoms with E-state index < -0.39 is 0 Å². The van der Waals surface area contributed by atoms with Crippen LogP contribution in [-0.4, -0.2) is 67.8 Å². The number of nitrogens with zero attached hydrogens (tertiary/aromatic N) is 2. The summed E-state index contributed by atoms with van der Waals surface area (Å²) in [6.45, 7) is 5.89. The monoisotopic (exact) mass is 227 g/mol. The third kappa shape index (κ3) is 1.99. The van der Waals surface area contributed by atoms with Crippen LogP contribution in [0, 0.1) is 0 Å². The molecule has 2 saturated heterocycles. The van der Waals surface area contributed by atoms with E-state index in [2.05, 4.69) is 30.8 Å². The molecule has 4 heteroatoms. The van der Waals surface area contributed by atoms with Gasteiger partial charge in [0.2, 0.25) is 0 Å². The normalized spacial score (nSPS) is 41.1. The van der Waals surface area contributed by atoms with Gasteiger partial charge in [0.15, 0.2) is 0 Å². The summed E-state index contributed by atoms with van der Waals surface area (Å²) in [5.41, 5.74) is 6.21. The summed E-state index contributed by atoms with van der Waals surface area (Å²) in [4.78, 5) is 4.90. The van der Waals surface area contributed by atoms with Crippen LogP contribution in [0.15, 0.2) is 0 Å². The highest BCUT2D eigenvalue weighted by Crippen LogP contribution is 2.32. The molecule has 2 aliphatic heterocycles. The first kappa shape index (κ1) is 12.3. The van der Waals surface area contributed by atoms with Crippen LogP contribution in [0.4, 0.5) is 0 Å². The zero-order chi connectivity index (χ0) is 11.8. The number of hydrogen-bond acceptors (Lipinski definition) is 4. The third-order valence-electron chi connectivity index (χ3n) is 4.55. The molecule has 4 nitrogen and oxygen atoms in total. The first-order valence-electron chi connectivity index (χ1n) is 6.30. The van der Waals surface area contributed by atoms with Gasteiger partial charge < -0.3 is 15.4 Å². The highest BCUT2D eigenvalue weighted by Gasteiger charge is 2.45. The number of nitrogens with two attached hydrogens (primary N) is 1. The first-order chi connectivity index (χ1) is 7.59. The molecule has 94 valence electrons. The molecule has 16 heavy (non-hydrogen) atoms. The van der Waals surface area contributed by atoms with Crippen molar-refractivity contribution >= 4 is 0 Å². The smallest absolute Gasteiger partial charge is 0.0622 e. The van der Waals surface area contributed by atoms with Crippen LogP contribution >= 0.6 is 0 Å². The lowest BCUT2D eigenvalue weighted by molar-refractivity contribution is 0.0725. The molecule has 0 aromatic rings. The van der Waals surface area contributed by atoms with Gasteiger partial charge in [0.25, 0.3) is 0 Å². The van der Waals surface area contributed by atoms with Crippen molar-refractivity contribution in [2.24, 2.45) is 5.73 Å². The summed E-state index contributed by atoms with van der Waals surface area (Å²) in [6, 6.07) is 1.19. The maximum Gasteiger partial charge on any atom is 0.0622 e. The van der Waals surface area contributed by atoms with Gasteiger partial charge in [0.1, 0.15) is 0 Å². The minimum atomic E-state index is 0.159. The molecule has 0 bridgehead atoms. The van der Waals surface area contributed by atoms with E-state index in [0.29, 0.717) is 12.1 Å². The van der Waals surface area contributed by atoms with E-state index in [9.17, 15) is 0 Å². The fraction of sp³-hybridized carbons (Fsp3) is 1.00. The second kappa shape index (κ2) is 4.61. The zero-order valence-electron chi connectivity index (χ0n) is 10.8. The number of ether oxygens (including phenoxy) is 1. The average molecular weight is 227 g/mol. The molecule has 2 rings (SSSR count). The second-order valence-corrected chi connectivity index (χ2v) is 5.53. The molecule has 2 N–H and O–H groups in total. The quantitative estimate of drug-likeness (QED) is 0.744. The summed E-state index contributed by atoms with van der Waals surface area (Å²) < 4.78 is 5.48. The molecular weight excluding hydrogens is 202 g/mol. The fourth-order valence-corrected chi connectivity index (χ4v) is 3.15. The molecule has 0 spiro atoms. The lowest BCUT2D eigenvalue weighted by Gasteiger charge is -2.41. The number of rotatable bonds is 3. The first-order valence-corrected chi connectivity index (χ1v) is 6.30. The topological polar surface area (TPSA) is 41.7 Å². The zero-order valence-corrected chi connectivity index (χ0v) is 10.8. The van der Waals surface area contributed by atoms with Crippen LogP contribution in [0.5, 0.6) is 0 Å². The lowest BCUT2D eigenvalue weighted by Crippen LogP contribution is -2.57. The number of likely N-dealkylation sites (tertiary alicyclic amines) is 1. The summed E-state index contributed by atoms with van der Waals surface area (Å²) in [5.74, 6) is 0. The van der Waals surface area contributed by atoms with E-state index >= 15 is 0 Å². The molecule has 0 radical (unpaired) electrons. The van der Waals surface area contributed by atoms with Gasteiger partial charge in [-0.1, -0.05) is 0 Å². The van der Waals surface area contributed by atoms with Crippen molar-refractivity contribution in [3.63, 3.8) is 0 Å². The maximum atomic E-state index is 6.05. The maximum absolute atomic E-state index is 6.05. The standard InChI is InChI=1S/C12H25N3O/c1-10-6-12(8-13,9-14(10)2)15(3)11-4-5-16-7-11/h10-11H,4-9,13H2,1-3H3. The van der Waals surface area contributed by atoms with Gasteiger partial charge in [0, 0.05) is 37.3 Å². The Bertz CT molecular complexity index is 230. The molecule has 2 heterocycles. The van der Waals surface area contributed by atoms with Crippen molar-refractivity contribution in [3.8, 4) is 0 Å². The van der Waals surface area contributed by atoms with E-state index in [0.717, 1.165) is 32.7 Å². The van der Waals surface area contributed by atoms with Gasteiger partial charge in [0.05, 0.1) is 6.61 Å². The van der Waals surface area contributed by atoms with Crippen molar-refractivity contribution in [2.75, 3.05) is 40.4 Å². The molecule has 0 amide bonds. The molecular formula is C12H25N3O. The largest absolute Gasteiger partial charge is 0.380 e. The molecule has 3 unspecified atom stereocenters. The minimum absolute atomic E-state index is 0.159. The highest BCUT2D eigenvalue weighted by molar-refractivity contribution is 5.03. The van der Waals surface area contributed by atoms with E-state index in [-0.39, 0.29) is 5.54 Å². The van der Waals surface area contributed by atoms with Gasteiger partial charge >= 0.3 is 0 Å². The summed E-state index contributed by atoms with van der Waals surface area (Å²) in [6.07, 6.45) is 2.32. The third-order valence-corrected chi connectivity index (χ3v) is 4.55. The lowest BCUT2D eigenvalue weighted by atomic mass is 9.92. The molecule has 2 aliphatic rings. The van der Waals surface area contributed by atoms with Crippen LogP contribution in [0.25, 0.3) is 0 Å². The van der Waals surface area contributed by atoms with E-state index in [1.165, 1.54) is 6.42 Å². The molecule has 2 fully saturated rings.